The lowest BCUT2D eigenvalue weighted by Gasteiger charge is -2.26. The quantitative estimate of drug-likeness (QED) is 0.917. The molecule has 1 N–H and O–H groups in total. The van der Waals surface area contributed by atoms with Crippen LogP contribution in [0.3, 0.4) is 0 Å². The van der Waals surface area contributed by atoms with Gasteiger partial charge in [-0.25, -0.2) is 0 Å². The highest BCUT2D eigenvalue weighted by atomic mass is 16.5. The zero-order valence-corrected chi connectivity index (χ0v) is 12.2. The van der Waals surface area contributed by atoms with Gasteiger partial charge in [-0.1, -0.05) is 24.3 Å². The predicted octanol–water partition coefficient (Wildman–Crippen LogP) is 3.44. The number of benzene rings is 2. The van der Waals surface area contributed by atoms with Crippen LogP contribution < -0.4 is 4.74 Å². The number of hydrogen-bond donors (Lipinski definition) is 1. The average molecular weight is 282 g/mol. The van der Waals surface area contributed by atoms with Crippen molar-refractivity contribution in [2.24, 2.45) is 5.92 Å². The first-order valence-corrected chi connectivity index (χ1v) is 7.11. The maximum Gasteiger partial charge on any atom is 0.173 e. The number of phenols is 1. The van der Waals surface area contributed by atoms with Crippen LogP contribution in [0.25, 0.3) is 0 Å². The van der Waals surface area contributed by atoms with Crippen LogP contribution in [0.2, 0.25) is 0 Å². The lowest BCUT2D eigenvalue weighted by Crippen LogP contribution is -2.30. The summed E-state index contributed by atoms with van der Waals surface area (Å²) < 4.78 is 5.80. The molecular formula is C18H18O3. The summed E-state index contributed by atoms with van der Waals surface area (Å²) in [5.41, 5.74) is 3.51. The van der Waals surface area contributed by atoms with Gasteiger partial charge in [-0.2, -0.15) is 0 Å². The van der Waals surface area contributed by atoms with E-state index in [-0.39, 0.29) is 17.5 Å². The first-order chi connectivity index (χ1) is 10.1. The van der Waals surface area contributed by atoms with Crippen molar-refractivity contribution in [1.29, 1.82) is 0 Å². The number of carbonyl (C=O) groups excluding carboxylic acids is 1. The highest BCUT2D eigenvalue weighted by molar-refractivity contribution is 6.02. The first-order valence-electron chi connectivity index (χ1n) is 7.11. The Bertz CT molecular complexity index is 704. The van der Waals surface area contributed by atoms with E-state index >= 15 is 0 Å². The van der Waals surface area contributed by atoms with E-state index < -0.39 is 0 Å². The molecule has 1 aliphatic heterocycles. The number of hydrogen-bond acceptors (Lipinski definition) is 3. The van der Waals surface area contributed by atoms with Gasteiger partial charge in [0.25, 0.3) is 0 Å². The number of ketones is 1. The number of para-hydroxylation sites is 1. The van der Waals surface area contributed by atoms with E-state index in [9.17, 15) is 9.90 Å². The van der Waals surface area contributed by atoms with Gasteiger partial charge >= 0.3 is 0 Å². The summed E-state index contributed by atoms with van der Waals surface area (Å²) in [5, 5.41) is 9.86. The molecule has 3 rings (SSSR count). The van der Waals surface area contributed by atoms with Gasteiger partial charge in [0.15, 0.2) is 5.78 Å². The molecule has 0 spiro atoms. The Kier molecular flexibility index (Phi) is 3.42. The molecule has 1 aliphatic rings. The SMILES string of the molecule is Cc1cc(C)c2c(c1)C(=O)C(Cc1ccccc1O)CO2. The summed E-state index contributed by atoms with van der Waals surface area (Å²) >= 11 is 0. The van der Waals surface area contributed by atoms with Crippen LogP contribution in [-0.2, 0) is 6.42 Å². The average Bonchev–Trinajstić information content (AvgIpc) is 2.44. The normalized spacial score (nSPS) is 17.2. The molecule has 1 unspecified atom stereocenters. The molecule has 0 aromatic heterocycles. The minimum absolute atomic E-state index is 0.103. The minimum Gasteiger partial charge on any atom is -0.508 e. The molecule has 2 aromatic carbocycles. The molecule has 3 nitrogen and oxygen atoms in total. The monoisotopic (exact) mass is 282 g/mol. The largest absolute Gasteiger partial charge is 0.508 e. The first kappa shape index (κ1) is 13.7. The third-order valence-corrected chi connectivity index (χ3v) is 3.94. The number of fused-ring (bicyclic) bond motifs is 1. The van der Waals surface area contributed by atoms with Crippen LogP contribution in [0, 0.1) is 19.8 Å². The number of carbonyl (C=O) groups is 1. The van der Waals surface area contributed by atoms with Gasteiger partial charge in [-0.15, -0.1) is 0 Å². The van der Waals surface area contributed by atoms with E-state index in [4.69, 9.17) is 4.74 Å². The van der Waals surface area contributed by atoms with Crippen LogP contribution >= 0.6 is 0 Å². The molecule has 0 saturated carbocycles. The third kappa shape index (κ3) is 2.51. The van der Waals surface area contributed by atoms with Crippen LogP contribution in [0.5, 0.6) is 11.5 Å². The fourth-order valence-corrected chi connectivity index (χ4v) is 2.91. The molecule has 1 heterocycles. The van der Waals surface area contributed by atoms with Crippen molar-refractivity contribution in [2.45, 2.75) is 20.3 Å². The Labute approximate surface area is 124 Å². The van der Waals surface area contributed by atoms with Crippen molar-refractivity contribution in [1.82, 2.24) is 0 Å². The molecule has 0 amide bonds. The van der Waals surface area contributed by atoms with Crippen LogP contribution in [0.4, 0.5) is 0 Å². The van der Waals surface area contributed by atoms with Gasteiger partial charge in [-0.3, -0.25) is 4.79 Å². The zero-order chi connectivity index (χ0) is 15.0. The van der Waals surface area contributed by atoms with Gasteiger partial charge in [-0.05, 0) is 49.1 Å². The van der Waals surface area contributed by atoms with E-state index in [0.717, 1.165) is 16.7 Å². The van der Waals surface area contributed by atoms with Crippen molar-refractivity contribution in [3.8, 4) is 11.5 Å². The van der Waals surface area contributed by atoms with Gasteiger partial charge in [0.2, 0.25) is 0 Å². The van der Waals surface area contributed by atoms with Crippen LogP contribution in [0.1, 0.15) is 27.0 Å². The van der Waals surface area contributed by atoms with E-state index in [0.29, 0.717) is 24.3 Å². The fourth-order valence-electron chi connectivity index (χ4n) is 2.91. The van der Waals surface area contributed by atoms with Gasteiger partial charge in [0, 0.05) is 0 Å². The molecule has 0 fully saturated rings. The fraction of sp³-hybridized carbons (Fsp3) is 0.278. The summed E-state index contributed by atoms with van der Waals surface area (Å²) in [5.74, 6) is 0.800. The predicted molar refractivity (Wildman–Crippen MR) is 81.0 cm³/mol. The van der Waals surface area contributed by atoms with Crippen molar-refractivity contribution >= 4 is 5.78 Å². The van der Waals surface area contributed by atoms with Gasteiger partial charge in [0.05, 0.1) is 18.1 Å². The Morgan fingerprint density at radius 3 is 2.76 bits per heavy atom. The number of ether oxygens (including phenoxy) is 1. The Morgan fingerprint density at radius 2 is 2.00 bits per heavy atom. The van der Waals surface area contributed by atoms with Gasteiger partial charge < -0.3 is 9.84 Å². The third-order valence-electron chi connectivity index (χ3n) is 3.94. The molecule has 0 aliphatic carbocycles. The Morgan fingerprint density at radius 1 is 1.24 bits per heavy atom. The molecule has 0 saturated heterocycles. The van der Waals surface area contributed by atoms with Crippen LogP contribution in [0.15, 0.2) is 36.4 Å². The molecular weight excluding hydrogens is 264 g/mol. The smallest absolute Gasteiger partial charge is 0.173 e. The molecule has 108 valence electrons. The van der Waals surface area contributed by atoms with Crippen LogP contribution in [-0.4, -0.2) is 17.5 Å². The number of aromatic hydroxyl groups is 1. The molecule has 3 heteroatoms. The van der Waals surface area contributed by atoms with Crippen molar-refractivity contribution in [3.05, 3.63) is 58.7 Å². The Hall–Kier alpha value is -2.29. The molecule has 21 heavy (non-hydrogen) atoms. The lowest BCUT2D eigenvalue weighted by molar-refractivity contribution is 0.0829. The molecule has 2 aromatic rings. The van der Waals surface area contributed by atoms with E-state index in [2.05, 4.69) is 0 Å². The number of rotatable bonds is 2. The standard InChI is InChI=1S/C18H18O3/c1-11-7-12(2)18-15(8-11)17(20)14(10-21-18)9-13-5-3-4-6-16(13)19/h3-8,14,19H,9-10H2,1-2H3. The summed E-state index contributed by atoms with van der Waals surface area (Å²) in [4.78, 5) is 12.7. The summed E-state index contributed by atoms with van der Waals surface area (Å²) in [6.07, 6.45) is 0.498. The maximum atomic E-state index is 12.7. The number of phenolic OH excluding ortho intramolecular Hbond substituents is 1. The number of Topliss-reactive ketones (excluding diaryl/α,β-unsaturated/α-hetero) is 1. The van der Waals surface area contributed by atoms with Gasteiger partial charge in [0.1, 0.15) is 11.5 Å². The molecule has 0 bridgehead atoms. The van der Waals surface area contributed by atoms with E-state index in [1.54, 1.807) is 12.1 Å². The van der Waals surface area contributed by atoms with Crippen molar-refractivity contribution in [3.63, 3.8) is 0 Å². The van der Waals surface area contributed by atoms with Crippen molar-refractivity contribution < 1.29 is 14.6 Å². The summed E-state index contributed by atoms with van der Waals surface area (Å²) in [7, 11) is 0. The summed E-state index contributed by atoms with van der Waals surface area (Å²) in [6, 6.07) is 11.0. The Balaban J connectivity index is 1.91. The van der Waals surface area contributed by atoms with E-state index in [1.165, 1.54) is 0 Å². The minimum atomic E-state index is -0.244. The second-order valence-corrected chi connectivity index (χ2v) is 5.66. The molecule has 1 atom stereocenters. The highest BCUT2D eigenvalue weighted by Gasteiger charge is 2.30. The summed E-state index contributed by atoms with van der Waals surface area (Å²) in [6.45, 7) is 4.31. The second kappa shape index (κ2) is 5.24. The van der Waals surface area contributed by atoms with Crippen molar-refractivity contribution in [2.75, 3.05) is 6.61 Å². The van der Waals surface area contributed by atoms with E-state index in [1.807, 2.05) is 38.1 Å². The topological polar surface area (TPSA) is 46.5 Å². The zero-order valence-electron chi connectivity index (χ0n) is 12.2. The molecule has 0 radical (unpaired) electrons. The second-order valence-electron chi connectivity index (χ2n) is 5.66. The maximum absolute atomic E-state index is 12.7. The highest BCUT2D eigenvalue weighted by Crippen LogP contribution is 2.33. The lowest BCUT2D eigenvalue weighted by atomic mass is 9.88. The number of aryl methyl sites for hydroxylation is 2.